The number of nitrogens with zero attached hydrogens (tertiary/aromatic N) is 2. The fraction of sp³-hybridized carbons (Fsp3) is 0.333. The maximum Gasteiger partial charge on any atom is 0.243 e. The molecule has 0 unspecified atom stereocenters. The Balaban J connectivity index is 1.72. The van der Waals surface area contributed by atoms with Crippen molar-refractivity contribution in [3.8, 4) is 5.88 Å². The van der Waals surface area contributed by atoms with Crippen LogP contribution in [0.4, 0.5) is 11.5 Å². The van der Waals surface area contributed by atoms with Gasteiger partial charge < -0.3 is 15.8 Å². The summed E-state index contributed by atoms with van der Waals surface area (Å²) in [5, 5.41) is 3.89. The standard InChI is InChI=1S/C15H17ClN4O/c1-15(5-6-15)21-14-12(17)13(19-9-20-14)18-8-10-3-2-4-11(16)7-10/h2-4,7,9H,5-6,8,17H2,1H3,(H,18,19,20). The topological polar surface area (TPSA) is 73.1 Å². The molecule has 0 radical (unpaired) electrons. The molecule has 1 aliphatic rings. The molecule has 0 bridgehead atoms. The Morgan fingerprint density at radius 2 is 2.19 bits per heavy atom. The molecule has 0 spiro atoms. The molecule has 21 heavy (non-hydrogen) atoms. The average molecular weight is 305 g/mol. The van der Waals surface area contributed by atoms with Crippen LogP contribution < -0.4 is 15.8 Å². The largest absolute Gasteiger partial charge is 0.470 e. The highest BCUT2D eigenvalue weighted by Gasteiger charge is 2.41. The first-order valence-corrected chi connectivity index (χ1v) is 7.21. The maximum absolute atomic E-state index is 6.07. The molecule has 2 aromatic rings. The van der Waals surface area contributed by atoms with Gasteiger partial charge in [-0.05, 0) is 37.5 Å². The summed E-state index contributed by atoms with van der Waals surface area (Å²) in [6.45, 7) is 2.63. The molecular formula is C15H17ClN4O. The second kappa shape index (κ2) is 5.41. The van der Waals surface area contributed by atoms with Gasteiger partial charge in [-0.1, -0.05) is 23.7 Å². The lowest BCUT2D eigenvalue weighted by Gasteiger charge is -2.15. The summed E-state index contributed by atoms with van der Waals surface area (Å²) in [6, 6.07) is 7.63. The number of nitrogen functional groups attached to an aromatic ring is 1. The third kappa shape index (κ3) is 3.36. The predicted molar refractivity (Wildman–Crippen MR) is 83.5 cm³/mol. The van der Waals surface area contributed by atoms with Crippen molar-refractivity contribution in [3.63, 3.8) is 0 Å². The van der Waals surface area contributed by atoms with Gasteiger partial charge in [0.05, 0.1) is 0 Å². The minimum atomic E-state index is -0.118. The van der Waals surface area contributed by atoms with Gasteiger partial charge in [-0.2, -0.15) is 4.98 Å². The molecule has 1 fully saturated rings. The van der Waals surface area contributed by atoms with Crippen LogP contribution in [-0.4, -0.2) is 15.6 Å². The number of benzene rings is 1. The van der Waals surface area contributed by atoms with Gasteiger partial charge in [-0.25, -0.2) is 4.98 Å². The fourth-order valence-corrected chi connectivity index (χ4v) is 2.16. The van der Waals surface area contributed by atoms with Crippen LogP contribution in [0.15, 0.2) is 30.6 Å². The first kappa shape index (κ1) is 13.9. The molecule has 5 nitrogen and oxygen atoms in total. The van der Waals surface area contributed by atoms with Crippen LogP contribution in [0.5, 0.6) is 5.88 Å². The third-order valence-electron chi connectivity index (χ3n) is 3.49. The van der Waals surface area contributed by atoms with E-state index in [1.54, 1.807) is 0 Å². The Morgan fingerprint density at radius 3 is 2.90 bits per heavy atom. The van der Waals surface area contributed by atoms with E-state index >= 15 is 0 Å². The zero-order valence-corrected chi connectivity index (χ0v) is 12.5. The van der Waals surface area contributed by atoms with E-state index in [1.165, 1.54) is 6.33 Å². The molecule has 6 heteroatoms. The molecular weight excluding hydrogens is 288 g/mol. The highest BCUT2D eigenvalue weighted by molar-refractivity contribution is 6.30. The van der Waals surface area contributed by atoms with Crippen molar-refractivity contribution >= 4 is 23.1 Å². The van der Waals surface area contributed by atoms with Crippen molar-refractivity contribution < 1.29 is 4.74 Å². The lowest BCUT2D eigenvalue weighted by molar-refractivity contribution is 0.193. The molecule has 3 N–H and O–H groups in total. The number of anilines is 2. The molecule has 0 atom stereocenters. The lowest BCUT2D eigenvalue weighted by Crippen LogP contribution is -2.15. The van der Waals surface area contributed by atoms with Crippen molar-refractivity contribution in [2.24, 2.45) is 0 Å². The van der Waals surface area contributed by atoms with Crippen LogP contribution >= 0.6 is 11.6 Å². The Kier molecular flexibility index (Phi) is 3.59. The summed E-state index contributed by atoms with van der Waals surface area (Å²) in [5.41, 5.74) is 7.45. The zero-order chi connectivity index (χ0) is 14.9. The second-order valence-electron chi connectivity index (χ2n) is 5.48. The normalized spacial score (nSPS) is 15.5. The molecule has 3 rings (SSSR count). The number of nitrogens with two attached hydrogens (primary N) is 1. The molecule has 0 amide bonds. The van der Waals surface area contributed by atoms with Gasteiger partial charge in [0.2, 0.25) is 5.88 Å². The fourth-order valence-electron chi connectivity index (χ4n) is 1.95. The monoisotopic (exact) mass is 304 g/mol. The summed E-state index contributed by atoms with van der Waals surface area (Å²) < 4.78 is 5.82. The molecule has 1 aromatic carbocycles. The van der Waals surface area contributed by atoms with E-state index in [9.17, 15) is 0 Å². The quantitative estimate of drug-likeness (QED) is 0.887. The molecule has 1 saturated carbocycles. The van der Waals surface area contributed by atoms with Gasteiger partial charge in [0.15, 0.2) is 5.82 Å². The highest BCUT2D eigenvalue weighted by atomic mass is 35.5. The van der Waals surface area contributed by atoms with E-state index in [2.05, 4.69) is 15.3 Å². The van der Waals surface area contributed by atoms with Gasteiger partial charge in [0.25, 0.3) is 0 Å². The van der Waals surface area contributed by atoms with E-state index in [4.69, 9.17) is 22.1 Å². The number of hydrogen-bond donors (Lipinski definition) is 2. The summed E-state index contributed by atoms with van der Waals surface area (Å²) >= 11 is 5.96. The SMILES string of the molecule is CC1(Oc2ncnc(NCc3cccc(Cl)c3)c2N)CC1. The van der Waals surface area contributed by atoms with Crippen LogP contribution in [0.3, 0.4) is 0 Å². The van der Waals surface area contributed by atoms with Crippen molar-refractivity contribution in [2.45, 2.75) is 31.9 Å². The zero-order valence-electron chi connectivity index (χ0n) is 11.8. The molecule has 0 saturated heterocycles. The first-order chi connectivity index (χ1) is 10.1. The number of aromatic nitrogens is 2. The predicted octanol–water partition coefficient (Wildman–Crippen LogP) is 3.26. The number of ether oxygens (including phenoxy) is 1. The van der Waals surface area contributed by atoms with Crippen molar-refractivity contribution in [2.75, 3.05) is 11.1 Å². The Bertz CT molecular complexity index is 658. The molecule has 0 aliphatic heterocycles. The second-order valence-corrected chi connectivity index (χ2v) is 5.91. The van der Waals surface area contributed by atoms with Crippen LogP contribution in [-0.2, 0) is 6.54 Å². The van der Waals surface area contributed by atoms with Gasteiger partial charge in [-0.3, -0.25) is 0 Å². The van der Waals surface area contributed by atoms with E-state index in [-0.39, 0.29) is 5.60 Å². The Labute approximate surface area is 128 Å². The number of nitrogens with one attached hydrogen (secondary N) is 1. The minimum Gasteiger partial charge on any atom is -0.470 e. The van der Waals surface area contributed by atoms with Crippen LogP contribution in [0.2, 0.25) is 5.02 Å². The maximum atomic E-state index is 6.07. The Hall–Kier alpha value is -2.01. The van der Waals surface area contributed by atoms with Crippen LogP contribution in [0, 0.1) is 0 Å². The summed E-state index contributed by atoms with van der Waals surface area (Å²) in [6.07, 6.45) is 3.52. The van der Waals surface area contributed by atoms with E-state index < -0.39 is 0 Å². The average Bonchev–Trinajstić information content (AvgIpc) is 3.18. The van der Waals surface area contributed by atoms with Crippen LogP contribution in [0.1, 0.15) is 25.3 Å². The van der Waals surface area contributed by atoms with Crippen LogP contribution in [0.25, 0.3) is 0 Å². The summed E-state index contributed by atoms with van der Waals surface area (Å²) in [7, 11) is 0. The molecule has 1 aromatic heterocycles. The van der Waals surface area contributed by atoms with Gasteiger partial charge in [-0.15, -0.1) is 0 Å². The highest BCUT2D eigenvalue weighted by Crippen LogP contribution is 2.41. The van der Waals surface area contributed by atoms with E-state index in [0.717, 1.165) is 18.4 Å². The minimum absolute atomic E-state index is 0.118. The number of hydrogen-bond acceptors (Lipinski definition) is 5. The van der Waals surface area contributed by atoms with Crippen molar-refractivity contribution in [1.29, 1.82) is 0 Å². The number of rotatable bonds is 5. The molecule has 110 valence electrons. The van der Waals surface area contributed by atoms with Crippen molar-refractivity contribution in [3.05, 3.63) is 41.2 Å². The summed E-state index contributed by atoms with van der Waals surface area (Å²) in [5.74, 6) is 1.02. The van der Waals surface area contributed by atoms with Gasteiger partial charge in [0, 0.05) is 11.6 Å². The van der Waals surface area contributed by atoms with Gasteiger partial charge >= 0.3 is 0 Å². The van der Waals surface area contributed by atoms with Gasteiger partial charge in [0.1, 0.15) is 17.6 Å². The lowest BCUT2D eigenvalue weighted by atomic mass is 10.2. The Morgan fingerprint density at radius 1 is 1.38 bits per heavy atom. The number of halogens is 1. The molecule has 1 heterocycles. The summed E-state index contributed by atoms with van der Waals surface area (Å²) in [4.78, 5) is 8.28. The van der Waals surface area contributed by atoms with Crippen molar-refractivity contribution in [1.82, 2.24) is 9.97 Å². The molecule has 1 aliphatic carbocycles. The van der Waals surface area contributed by atoms with E-state index in [0.29, 0.717) is 29.0 Å². The third-order valence-corrected chi connectivity index (χ3v) is 3.73. The first-order valence-electron chi connectivity index (χ1n) is 6.84. The smallest absolute Gasteiger partial charge is 0.243 e. The van der Waals surface area contributed by atoms with E-state index in [1.807, 2.05) is 31.2 Å².